The van der Waals surface area contributed by atoms with E-state index in [0.717, 1.165) is 38.5 Å². The number of hydrogen-bond acceptors (Lipinski definition) is 7. The third-order valence-corrected chi connectivity index (χ3v) is 3.73. The molecule has 2 aliphatic heterocycles. The summed E-state index contributed by atoms with van der Waals surface area (Å²) in [5.41, 5.74) is 0. The highest BCUT2D eigenvalue weighted by atomic mass is 31.1. The van der Waals surface area contributed by atoms with Gasteiger partial charge in [-0.3, -0.25) is 0 Å². The molecule has 2 aliphatic rings. The Balaban J connectivity index is 1.45. The highest BCUT2D eigenvalue weighted by Crippen LogP contribution is 2.25. The molecule has 8 heteroatoms. The molecule has 0 aromatic carbocycles. The Bertz CT molecular complexity index is 251. The van der Waals surface area contributed by atoms with Crippen LogP contribution < -0.4 is 0 Å². The summed E-state index contributed by atoms with van der Waals surface area (Å²) in [7, 11) is -2.25. The second-order valence-electron chi connectivity index (χ2n) is 4.64. The lowest BCUT2D eigenvalue weighted by Gasteiger charge is -2.21. The minimum Gasteiger partial charge on any atom is -0.353 e. The summed E-state index contributed by atoms with van der Waals surface area (Å²) in [5.74, 6) is 0. The van der Waals surface area contributed by atoms with E-state index in [1.54, 1.807) is 0 Å². The first-order valence-electron chi connectivity index (χ1n) is 7.04. The molecule has 2 saturated heterocycles. The van der Waals surface area contributed by atoms with Crippen molar-refractivity contribution in [1.29, 1.82) is 0 Å². The zero-order valence-corrected chi connectivity index (χ0v) is 12.4. The largest absolute Gasteiger partial charge is 0.702 e. The maximum Gasteiger partial charge on any atom is 0.702 e. The summed E-state index contributed by atoms with van der Waals surface area (Å²) >= 11 is 0. The predicted molar refractivity (Wildman–Crippen MR) is 68.9 cm³/mol. The van der Waals surface area contributed by atoms with Crippen molar-refractivity contribution < 1.29 is 32.6 Å². The van der Waals surface area contributed by atoms with Crippen molar-refractivity contribution in [3.8, 4) is 0 Å². The maximum atomic E-state index is 11.4. The van der Waals surface area contributed by atoms with Crippen molar-refractivity contribution in [2.45, 2.75) is 51.1 Å². The standard InChI is InChI=1S/C12H22O7P/c13-20(18-9-16-11-5-1-3-7-14-11)19-10-17-12-6-2-4-8-15-12/h11-12H,1-10H2/q+1. The first-order valence-corrected chi connectivity index (χ1v) is 8.13. The Labute approximate surface area is 119 Å². The Kier molecular flexibility index (Phi) is 7.90. The quantitative estimate of drug-likeness (QED) is 0.504. The summed E-state index contributed by atoms with van der Waals surface area (Å²) < 4.78 is 42.4. The smallest absolute Gasteiger partial charge is 0.353 e. The summed E-state index contributed by atoms with van der Waals surface area (Å²) in [6.07, 6.45) is 5.40. The van der Waals surface area contributed by atoms with Crippen LogP contribution in [0.4, 0.5) is 0 Å². The molecule has 0 amide bonds. The van der Waals surface area contributed by atoms with Gasteiger partial charge in [-0.2, -0.15) is 0 Å². The van der Waals surface area contributed by atoms with E-state index in [4.69, 9.17) is 28.0 Å². The van der Waals surface area contributed by atoms with Crippen LogP contribution in [0.25, 0.3) is 0 Å². The van der Waals surface area contributed by atoms with Crippen molar-refractivity contribution in [2.24, 2.45) is 0 Å². The minimum atomic E-state index is -2.25. The SMILES string of the molecule is O=[P+](OCOC1CCCCO1)OCOC1CCCCO1. The molecule has 0 aliphatic carbocycles. The number of ether oxygens (including phenoxy) is 4. The predicted octanol–water partition coefficient (Wildman–Crippen LogP) is 2.68. The molecule has 0 aromatic rings. The van der Waals surface area contributed by atoms with Crippen LogP contribution in [0.15, 0.2) is 0 Å². The Morgan fingerprint density at radius 2 is 1.35 bits per heavy atom. The van der Waals surface area contributed by atoms with Gasteiger partial charge in [-0.05, 0) is 38.5 Å². The molecule has 0 aromatic heterocycles. The van der Waals surface area contributed by atoms with Gasteiger partial charge >= 0.3 is 8.25 Å². The molecule has 2 rings (SSSR count). The molecule has 116 valence electrons. The molecular formula is C12H22O7P+. The minimum absolute atomic E-state index is 0.111. The highest BCUT2D eigenvalue weighted by Gasteiger charge is 2.24. The molecular weight excluding hydrogens is 287 g/mol. The Morgan fingerprint density at radius 1 is 0.850 bits per heavy atom. The van der Waals surface area contributed by atoms with Gasteiger partial charge in [-0.15, -0.1) is 0 Å². The van der Waals surface area contributed by atoms with E-state index in [1.807, 2.05) is 0 Å². The van der Waals surface area contributed by atoms with Crippen LogP contribution in [0, 0.1) is 0 Å². The van der Waals surface area contributed by atoms with Crippen LogP contribution in [-0.4, -0.2) is 39.4 Å². The summed E-state index contributed by atoms with van der Waals surface area (Å²) in [6.45, 7) is 1.17. The molecule has 2 atom stereocenters. The topological polar surface area (TPSA) is 72.5 Å². The number of hydrogen-bond donors (Lipinski definition) is 0. The van der Waals surface area contributed by atoms with Gasteiger partial charge in [-0.1, -0.05) is 9.05 Å². The summed E-state index contributed by atoms with van der Waals surface area (Å²) in [4.78, 5) is 0. The molecule has 0 saturated carbocycles. The normalized spacial score (nSPS) is 28.3. The average Bonchev–Trinajstić information content (AvgIpc) is 2.49. The third-order valence-electron chi connectivity index (χ3n) is 3.10. The lowest BCUT2D eigenvalue weighted by atomic mass is 10.2. The second-order valence-corrected chi connectivity index (χ2v) is 5.61. The van der Waals surface area contributed by atoms with Crippen LogP contribution in [0.2, 0.25) is 0 Å². The molecule has 0 radical (unpaired) electrons. The van der Waals surface area contributed by atoms with Crippen LogP contribution in [0.3, 0.4) is 0 Å². The fourth-order valence-electron chi connectivity index (χ4n) is 2.02. The van der Waals surface area contributed by atoms with Crippen molar-refractivity contribution in [2.75, 3.05) is 26.8 Å². The fraction of sp³-hybridized carbons (Fsp3) is 1.00. The van der Waals surface area contributed by atoms with E-state index in [0.29, 0.717) is 13.2 Å². The molecule has 2 unspecified atom stereocenters. The van der Waals surface area contributed by atoms with E-state index in [-0.39, 0.29) is 26.2 Å². The molecule has 0 N–H and O–H groups in total. The van der Waals surface area contributed by atoms with Crippen molar-refractivity contribution in [3.63, 3.8) is 0 Å². The van der Waals surface area contributed by atoms with Gasteiger partial charge in [0.15, 0.2) is 12.6 Å². The average molecular weight is 309 g/mol. The zero-order chi connectivity index (χ0) is 14.0. The highest BCUT2D eigenvalue weighted by molar-refractivity contribution is 7.33. The van der Waals surface area contributed by atoms with Crippen molar-refractivity contribution in [3.05, 3.63) is 0 Å². The van der Waals surface area contributed by atoms with Crippen LogP contribution in [-0.2, 0) is 32.6 Å². The molecule has 7 nitrogen and oxygen atoms in total. The van der Waals surface area contributed by atoms with E-state index in [1.165, 1.54) is 0 Å². The van der Waals surface area contributed by atoms with Crippen molar-refractivity contribution in [1.82, 2.24) is 0 Å². The molecule has 20 heavy (non-hydrogen) atoms. The Hall–Kier alpha value is -0.140. The van der Waals surface area contributed by atoms with Crippen LogP contribution in [0.5, 0.6) is 0 Å². The van der Waals surface area contributed by atoms with E-state index in [9.17, 15) is 4.57 Å². The molecule has 2 heterocycles. The van der Waals surface area contributed by atoms with Gasteiger partial charge in [0.1, 0.15) is 0 Å². The van der Waals surface area contributed by atoms with Crippen molar-refractivity contribution >= 4 is 8.25 Å². The first-order chi connectivity index (χ1) is 9.84. The maximum absolute atomic E-state index is 11.4. The summed E-state index contributed by atoms with van der Waals surface area (Å²) in [5, 5.41) is 0. The lowest BCUT2D eigenvalue weighted by Crippen LogP contribution is -2.23. The molecule has 2 fully saturated rings. The number of rotatable bonds is 8. The lowest BCUT2D eigenvalue weighted by molar-refractivity contribution is -0.199. The molecule has 0 spiro atoms. The van der Waals surface area contributed by atoms with Gasteiger partial charge in [-0.25, -0.2) is 0 Å². The van der Waals surface area contributed by atoms with Crippen LogP contribution in [0.1, 0.15) is 38.5 Å². The fourth-order valence-corrected chi connectivity index (χ4v) is 2.39. The van der Waals surface area contributed by atoms with Gasteiger partial charge in [0.25, 0.3) is 0 Å². The van der Waals surface area contributed by atoms with Gasteiger partial charge in [0.05, 0.1) is 0 Å². The van der Waals surface area contributed by atoms with E-state index < -0.39 is 8.25 Å². The monoisotopic (exact) mass is 309 g/mol. The first kappa shape index (κ1) is 16.2. The third kappa shape index (κ3) is 6.54. The molecule has 0 bridgehead atoms. The van der Waals surface area contributed by atoms with Crippen LogP contribution >= 0.6 is 8.25 Å². The second kappa shape index (κ2) is 9.73. The summed E-state index contributed by atoms with van der Waals surface area (Å²) in [6, 6.07) is 0. The van der Waals surface area contributed by atoms with E-state index >= 15 is 0 Å². The van der Waals surface area contributed by atoms with Gasteiger partial charge in [0, 0.05) is 17.8 Å². The zero-order valence-electron chi connectivity index (χ0n) is 11.5. The Morgan fingerprint density at radius 3 is 1.75 bits per heavy atom. The van der Waals surface area contributed by atoms with Gasteiger partial charge < -0.3 is 18.9 Å². The van der Waals surface area contributed by atoms with Gasteiger partial charge in [0.2, 0.25) is 13.6 Å². The van der Waals surface area contributed by atoms with E-state index in [2.05, 4.69) is 0 Å².